The van der Waals surface area contributed by atoms with Crippen LogP contribution in [-0.4, -0.2) is 13.0 Å². The topological polar surface area (TPSA) is 51.5 Å². The minimum absolute atomic E-state index is 0.252. The first-order valence-corrected chi connectivity index (χ1v) is 7.03. The summed E-state index contributed by atoms with van der Waals surface area (Å²) in [6.07, 6.45) is 0. The van der Waals surface area contributed by atoms with Crippen LogP contribution in [0.5, 0.6) is 5.75 Å². The molecule has 0 saturated heterocycles. The third-order valence-corrected chi connectivity index (χ3v) is 3.63. The molecule has 0 radical (unpaired) electrons. The van der Waals surface area contributed by atoms with Crippen molar-refractivity contribution in [2.24, 2.45) is 0 Å². The Morgan fingerprint density at radius 1 is 1.14 bits per heavy atom. The molecule has 0 spiro atoms. The van der Waals surface area contributed by atoms with Crippen LogP contribution in [0.15, 0.2) is 46.9 Å². The molecule has 0 aliphatic rings. The first-order valence-electron chi connectivity index (χ1n) is 7.03. The van der Waals surface area contributed by atoms with Gasteiger partial charge in [-0.25, -0.2) is 0 Å². The van der Waals surface area contributed by atoms with Crippen LogP contribution in [0, 0.1) is 13.8 Å². The molecule has 0 bridgehead atoms. The van der Waals surface area contributed by atoms with Crippen LogP contribution in [0.3, 0.4) is 0 Å². The Labute approximate surface area is 128 Å². The normalized spacial score (nSPS) is 10.7. The predicted molar refractivity (Wildman–Crippen MR) is 86.6 cm³/mol. The van der Waals surface area contributed by atoms with Gasteiger partial charge in [-0.15, -0.1) is 0 Å². The third-order valence-electron chi connectivity index (χ3n) is 3.63. The zero-order valence-electron chi connectivity index (χ0n) is 12.8. The molecule has 1 aromatic heterocycles. The quantitative estimate of drug-likeness (QED) is 0.783. The van der Waals surface area contributed by atoms with Gasteiger partial charge in [0, 0.05) is 16.6 Å². The van der Waals surface area contributed by atoms with Gasteiger partial charge >= 0.3 is 0 Å². The molecular weight excluding hydrogens is 278 g/mol. The average Bonchev–Trinajstić information content (AvgIpc) is 2.84. The van der Waals surface area contributed by atoms with Gasteiger partial charge in [0.1, 0.15) is 11.3 Å². The summed E-state index contributed by atoms with van der Waals surface area (Å²) >= 11 is 0. The van der Waals surface area contributed by atoms with Crippen molar-refractivity contribution in [3.8, 4) is 5.75 Å². The van der Waals surface area contributed by atoms with Gasteiger partial charge in [-0.2, -0.15) is 0 Å². The van der Waals surface area contributed by atoms with E-state index in [0.717, 1.165) is 28.0 Å². The zero-order chi connectivity index (χ0) is 15.7. The third kappa shape index (κ3) is 2.55. The number of benzene rings is 2. The van der Waals surface area contributed by atoms with Gasteiger partial charge in [-0.05, 0) is 49.7 Å². The predicted octanol–water partition coefficient (Wildman–Crippen LogP) is 4.31. The lowest BCUT2D eigenvalue weighted by atomic mass is 10.1. The molecule has 1 heterocycles. The number of aryl methyl sites for hydroxylation is 2. The number of hydrogen-bond acceptors (Lipinski definition) is 3. The van der Waals surface area contributed by atoms with Crippen molar-refractivity contribution < 1.29 is 13.9 Å². The molecule has 0 aliphatic carbocycles. The highest BCUT2D eigenvalue weighted by molar-refractivity contribution is 6.06. The number of methoxy groups -OCH3 is 1. The smallest absolute Gasteiger partial charge is 0.291 e. The fourth-order valence-corrected chi connectivity index (χ4v) is 2.45. The SMILES string of the molecule is COc1ccc2oc(C(=O)Nc3cccc(C)c3)c(C)c2c1. The maximum absolute atomic E-state index is 12.4. The van der Waals surface area contributed by atoms with Crippen molar-refractivity contribution in [2.75, 3.05) is 12.4 Å². The number of carbonyl (C=O) groups is 1. The maximum atomic E-state index is 12.4. The number of rotatable bonds is 3. The fourth-order valence-electron chi connectivity index (χ4n) is 2.45. The first-order chi connectivity index (χ1) is 10.6. The van der Waals surface area contributed by atoms with Crippen LogP contribution in [0.1, 0.15) is 21.7 Å². The number of furan rings is 1. The van der Waals surface area contributed by atoms with E-state index >= 15 is 0 Å². The number of hydrogen-bond donors (Lipinski definition) is 1. The van der Waals surface area contributed by atoms with Gasteiger partial charge in [0.25, 0.3) is 5.91 Å². The molecule has 0 fully saturated rings. The molecule has 0 aliphatic heterocycles. The highest BCUT2D eigenvalue weighted by atomic mass is 16.5. The first kappa shape index (κ1) is 14.2. The molecule has 4 nitrogen and oxygen atoms in total. The van der Waals surface area contributed by atoms with Crippen LogP contribution in [0.2, 0.25) is 0 Å². The highest BCUT2D eigenvalue weighted by Gasteiger charge is 2.18. The second-order valence-electron chi connectivity index (χ2n) is 5.24. The van der Waals surface area contributed by atoms with E-state index in [0.29, 0.717) is 11.3 Å². The number of carbonyl (C=O) groups excluding carboxylic acids is 1. The summed E-state index contributed by atoms with van der Waals surface area (Å²) in [6.45, 7) is 3.85. The van der Waals surface area contributed by atoms with Crippen molar-refractivity contribution >= 4 is 22.6 Å². The molecule has 22 heavy (non-hydrogen) atoms. The Bertz CT molecular complexity index is 849. The van der Waals surface area contributed by atoms with E-state index in [4.69, 9.17) is 9.15 Å². The summed E-state index contributed by atoms with van der Waals surface area (Å²) in [5.74, 6) is 0.810. The zero-order valence-corrected chi connectivity index (χ0v) is 12.8. The Hall–Kier alpha value is -2.75. The largest absolute Gasteiger partial charge is 0.497 e. The second-order valence-corrected chi connectivity index (χ2v) is 5.24. The lowest BCUT2D eigenvalue weighted by Crippen LogP contribution is -2.12. The number of amides is 1. The summed E-state index contributed by atoms with van der Waals surface area (Å²) in [6, 6.07) is 13.1. The van der Waals surface area contributed by atoms with E-state index in [1.54, 1.807) is 7.11 Å². The van der Waals surface area contributed by atoms with Gasteiger partial charge < -0.3 is 14.5 Å². The minimum atomic E-state index is -0.252. The van der Waals surface area contributed by atoms with Crippen molar-refractivity contribution in [3.05, 3.63) is 59.4 Å². The van der Waals surface area contributed by atoms with Crippen molar-refractivity contribution in [3.63, 3.8) is 0 Å². The Kier molecular flexibility index (Phi) is 3.59. The van der Waals surface area contributed by atoms with E-state index in [-0.39, 0.29) is 5.91 Å². The molecule has 3 rings (SSSR count). The van der Waals surface area contributed by atoms with Crippen LogP contribution in [-0.2, 0) is 0 Å². The van der Waals surface area contributed by atoms with Crippen LogP contribution in [0.4, 0.5) is 5.69 Å². The maximum Gasteiger partial charge on any atom is 0.291 e. The van der Waals surface area contributed by atoms with E-state index in [1.807, 2.05) is 56.3 Å². The fraction of sp³-hybridized carbons (Fsp3) is 0.167. The van der Waals surface area contributed by atoms with E-state index in [2.05, 4.69) is 5.32 Å². The molecule has 0 saturated carbocycles. The Balaban J connectivity index is 1.95. The molecule has 4 heteroatoms. The summed E-state index contributed by atoms with van der Waals surface area (Å²) in [5, 5.41) is 3.75. The van der Waals surface area contributed by atoms with Gasteiger partial charge in [0.15, 0.2) is 5.76 Å². The molecule has 3 aromatic rings. The monoisotopic (exact) mass is 295 g/mol. The molecule has 0 unspecified atom stereocenters. The van der Waals surface area contributed by atoms with Gasteiger partial charge in [0.05, 0.1) is 7.11 Å². The van der Waals surface area contributed by atoms with Crippen molar-refractivity contribution in [1.82, 2.24) is 0 Å². The minimum Gasteiger partial charge on any atom is -0.497 e. The van der Waals surface area contributed by atoms with E-state index < -0.39 is 0 Å². The second kappa shape index (κ2) is 5.56. The summed E-state index contributed by atoms with van der Waals surface area (Å²) in [4.78, 5) is 12.4. The average molecular weight is 295 g/mol. The molecule has 0 atom stereocenters. The van der Waals surface area contributed by atoms with E-state index in [1.165, 1.54) is 0 Å². The lowest BCUT2D eigenvalue weighted by Gasteiger charge is -2.04. The number of fused-ring (bicyclic) bond motifs is 1. The summed E-state index contributed by atoms with van der Waals surface area (Å²) in [5.41, 5.74) is 3.32. The molecule has 1 N–H and O–H groups in total. The van der Waals surface area contributed by atoms with Gasteiger partial charge in [-0.1, -0.05) is 12.1 Å². The Morgan fingerprint density at radius 3 is 2.68 bits per heavy atom. The molecule has 1 amide bonds. The van der Waals surface area contributed by atoms with Gasteiger partial charge in [-0.3, -0.25) is 4.79 Å². The van der Waals surface area contributed by atoms with Crippen LogP contribution >= 0.6 is 0 Å². The van der Waals surface area contributed by atoms with Crippen LogP contribution in [0.25, 0.3) is 11.0 Å². The summed E-state index contributed by atoms with van der Waals surface area (Å²) < 4.78 is 10.9. The van der Waals surface area contributed by atoms with Crippen LogP contribution < -0.4 is 10.1 Å². The molecule has 112 valence electrons. The number of ether oxygens (including phenoxy) is 1. The van der Waals surface area contributed by atoms with Gasteiger partial charge in [0.2, 0.25) is 0 Å². The number of anilines is 1. The standard InChI is InChI=1S/C18H17NO3/c1-11-5-4-6-13(9-11)19-18(20)17-12(2)15-10-14(21-3)7-8-16(15)22-17/h4-10H,1-3H3,(H,19,20). The Morgan fingerprint density at radius 2 is 1.95 bits per heavy atom. The van der Waals surface area contributed by atoms with E-state index in [9.17, 15) is 4.79 Å². The highest BCUT2D eigenvalue weighted by Crippen LogP contribution is 2.29. The van der Waals surface area contributed by atoms with Crippen molar-refractivity contribution in [1.29, 1.82) is 0 Å². The molecular formula is C18H17NO3. The number of nitrogens with one attached hydrogen (secondary N) is 1. The summed E-state index contributed by atoms with van der Waals surface area (Å²) in [7, 11) is 1.61. The molecule has 2 aromatic carbocycles. The van der Waals surface area contributed by atoms with Crippen molar-refractivity contribution in [2.45, 2.75) is 13.8 Å². The lowest BCUT2D eigenvalue weighted by molar-refractivity contribution is 0.0998.